The number of carbonyl (C=O) groups excluding carboxylic acids is 1. The Labute approximate surface area is 159 Å². The third kappa shape index (κ3) is 3.57. The van der Waals surface area contributed by atoms with E-state index in [0.717, 1.165) is 48.4 Å². The first-order valence-electron chi connectivity index (χ1n) is 9.28. The molecule has 1 heterocycles. The Kier molecular flexibility index (Phi) is 4.90. The van der Waals surface area contributed by atoms with Crippen LogP contribution in [-0.2, 0) is 0 Å². The summed E-state index contributed by atoms with van der Waals surface area (Å²) in [5, 5.41) is 3.37. The molecule has 1 amide bonds. The summed E-state index contributed by atoms with van der Waals surface area (Å²) in [6.07, 6.45) is 0. The second-order valence-corrected chi connectivity index (χ2v) is 6.74. The van der Waals surface area contributed by atoms with Gasteiger partial charge in [0.1, 0.15) is 0 Å². The van der Waals surface area contributed by atoms with Crippen LogP contribution in [0.4, 0.5) is 5.69 Å². The van der Waals surface area contributed by atoms with E-state index in [0.29, 0.717) is 5.56 Å². The fourth-order valence-electron chi connectivity index (χ4n) is 3.69. The molecule has 1 aliphatic heterocycles. The summed E-state index contributed by atoms with van der Waals surface area (Å²) in [6, 6.07) is 24.2. The third-order valence-corrected chi connectivity index (χ3v) is 5.06. The van der Waals surface area contributed by atoms with Gasteiger partial charge in [-0.05, 0) is 34.4 Å². The van der Waals surface area contributed by atoms with Crippen LogP contribution in [0.1, 0.15) is 10.4 Å². The maximum Gasteiger partial charge on any atom is 0.249 e. The topological polar surface area (TPSA) is 58.4 Å². The Hall–Kier alpha value is -3.11. The Balaban J connectivity index is 1.74. The highest BCUT2D eigenvalue weighted by atomic mass is 16.1. The molecule has 0 spiro atoms. The summed E-state index contributed by atoms with van der Waals surface area (Å²) in [4.78, 5) is 14.7. The third-order valence-electron chi connectivity index (χ3n) is 5.06. The molecule has 3 aromatic rings. The van der Waals surface area contributed by atoms with Gasteiger partial charge in [0.05, 0.1) is 5.56 Å². The average Bonchev–Trinajstić information content (AvgIpc) is 2.74. The highest BCUT2D eigenvalue weighted by molar-refractivity contribution is 6.06. The van der Waals surface area contributed by atoms with E-state index >= 15 is 0 Å². The van der Waals surface area contributed by atoms with Gasteiger partial charge in [-0.25, -0.2) is 0 Å². The fraction of sp³-hybridized carbons (Fsp3) is 0.174. The Morgan fingerprint density at radius 3 is 1.96 bits per heavy atom. The molecule has 136 valence electrons. The number of piperazine rings is 1. The molecule has 1 aliphatic rings. The molecule has 1 saturated heterocycles. The Bertz CT molecular complexity index is 930. The van der Waals surface area contributed by atoms with Crippen LogP contribution >= 0.6 is 0 Å². The number of benzene rings is 3. The van der Waals surface area contributed by atoms with Crippen molar-refractivity contribution < 1.29 is 4.79 Å². The zero-order valence-electron chi connectivity index (χ0n) is 15.2. The maximum absolute atomic E-state index is 12.3. The van der Waals surface area contributed by atoms with E-state index in [1.165, 1.54) is 5.69 Å². The van der Waals surface area contributed by atoms with Crippen molar-refractivity contribution in [3.05, 3.63) is 78.4 Å². The van der Waals surface area contributed by atoms with Gasteiger partial charge < -0.3 is 16.0 Å². The van der Waals surface area contributed by atoms with Crippen LogP contribution in [-0.4, -0.2) is 32.1 Å². The van der Waals surface area contributed by atoms with Crippen LogP contribution in [0.15, 0.2) is 72.8 Å². The molecule has 0 radical (unpaired) electrons. The molecule has 0 aromatic heterocycles. The molecule has 0 aliphatic carbocycles. The summed E-state index contributed by atoms with van der Waals surface area (Å²) in [7, 11) is 0. The lowest BCUT2D eigenvalue weighted by Gasteiger charge is -2.29. The molecule has 0 atom stereocenters. The van der Waals surface area contributed by atoms with Gasteiger partial charge >= 0.3 is 0 Å². The molecular weight excluding hydrogens is 334 g/mol. The zero-order chi connectivity index (χ0) is 18.6. The maximum atomic E-state index is 12.3. The number of anilines is 1. The lowest BCUT2D eigenvalue weighted by atomic mass is 9.91. The molecule has 27 heavy (non-hydrogen) atoms. The summed E-state index contributed by atoms with van der Waals surface area (Å²) >= 11 is 0. The largest absolute Gasteiger partial charge is 0.369 e. The van der Waals surface area contributed by atoms with Crippen molar-refractivity contribution in [2.24, 2.45) is 5.73 Å². The normalized spacial score (nSPS) is 14.1. The van der Waals surface area contributed by atoms with Crippen molar-refractivity contribution in [3.63, 3.8) is 0 Å². The van der Waals surface area contributed by atoms with Gasteiger partial charge in [-0.3, -0.25) is 4.79 Å². The van der Waals surface area contributed by atoms with Crippen molar-refractivity contribution in [2.45, 2.75) is 0 Å². The first kappa shape index (κ1) is 17.3. The number of primary amides is 1. The fourth-order valence-corrected chi connectivity index (χ4v) is 3.69. The molecule has 4 rings (SSSR count). The van der Waals surface area contributed by atoms with Gasteiger partial charge in [0.2, 0.25) is 5.91 Å². The van der Waals surface area contributed by atoms with E-state index in [1.54, 1.807) is 0 Å². The molecule has 3 N–H and O–H groups in total. The number of rotatable bonds is 4. The number of nitrogens with two attached hydrogens (primary N) is 1. The molecule has 1 fully saturated rings. The molecule has 4 heteroatoms. The smallest absolute Gasteiger partial charge is 0.249 e. The van der Waals surface area contributed by atoms with Gasteiger partial charge in [0.25, 0.3) is 0 Å². The van der Waals surface area contributed by atoms with Crippen LogP contribution in [0.5, 0.6) is 0 Å². The molecule has 4 nitrogen and oxygen atoms in total. The second-order valence-electron chi connectivity index (χ2n) is 6.74. The van der Waals surface area contributed by atoms with Gasteiger partial charge in [-0.2, -0.15) is 0 Å². The van der Waals surface area contributed by atoms with Crippen LogP contribution < -0.4 is 16.0 Å². The lowest BCUT2D eigenvalue weighted by Crippen LogP contribution is -2.43. The van der Waals surface area contributed by atoms with Gasteiger partial charge in [-0.15, -0.1) is 0 Å². The zero-order valence-corrected chi connectivity index (χ0v) is 15.2. The van der Waals surface area contributed by atoms with Crippen molar-refractivity contribution in [1.82, 2.24) is 5.32 Å². The number of hydrogen-bond donors (Lipinski definition) is 2. The van der Waals surface area contributed by atoms with Crippen LogP contribution in [0.2, 0.25) is 0 Å². The number of nitrogens with zero attached hydrogens (tertiary/aromatic N) is 1. The van der Waals surface area contributed by atoms with Crippen molar-refractivity contribution in [1.29, 1.82) is 0 Å². The van der Waals surface area contributed by atoms with E-state index in [4.69, 9.17) is 5.73 Å². The van der Waals surface area contributed by atoms with E-state index in [9.17, 15) is 4.79 Å². The number of amides is 1. The molecular formula is C23H23N3O. The van der Waals surface area contributed by atoms with Gasteiger partial charge in [-0.1, -0.05) is 60.7 Å². The molecule has 0 saturated carbocycles. The SMILES string of the molecule is NC(=O)c1c(-c2ccccc2)cccc1-c1ccc(N2CCNCC2)cc1. The van der Waals surface area contributed by atoms with E-state index < -0.39 is 5.91 Å². The van der Waals surface area contributed by atoms with Gasteiger partial charge in [0, 0.05) is 31.9 Å². The lowest BCUT2D eigenvalue weighted by molar-refractivity contribution is 0.100. The predicted molar refractivity (Wildman–Crippen MR) is 111 cm³/mol. The quantitative estimate of drug-likeness (QED) is 0.751. The minimum atomic E-state index is -0.407. The van der Waals surface area contributed by atoms with Crippen molar-refractivity contribution in [3.8, 4) is 22.3 Å². The minimum Gasteiger partial charge on any atom is -0.369 e. The van der Waals surface area contributed by atoms with Crippen molar-refractivity contribution >= 4 is 11.6 Å². The first-order valence-corrected chi connectivity index (χ1v) is 9.28. The average molecular weight is 357 g/mol. The number of hydrogen-bond acceptors (Lipinski definition) is 3. The predicted octanol–water partition coefficient (Wildman–Crippen LogP) is 3.53. The van der Waals surface area contributed by atoms with Crippen LogP contribution in [0.25, 0.3) is 22.3 Å². The summed E-state index contributed by atoms with van der Waals surface area (Å²) in [5.41, 5.74) is 11.3. The summed E-state index contributed by atoms with van der Waals surface area (Å²) in [5.74, 6) is -0.407. The minimum absolute atomic E-state index is 0.407. The highest BCUT2D eigenvalue weighted by Gasteiger charge is 2.17. The Morgan fingerprint density at radius 1 is 0.778 bits per heavy atom. The van der Waals surface area contributed by atoms with E-state index in [-0.39, 0.29) is 0 Å². The second kappa shape index (κ2) is 7.64. The first-order chi connectivity index (χ1) is 13.2. The highest BCUT2D eigenvalue weighted by Crippen LogP contribution is 2.33. The Morgan fingerprint density at radius 2 is 1.37 bits per heavy atom. The monoisotopic (exact) mass is 357 g/mol. The van der Waals surface area contributed by atoms with Gasteiger partial charge in [0.15, 0.2) is 0 Å². The molecule has 0 unspecified atom stereocenters. The standard InChI is InChI=1S/C23H23N3O/c24-23(27)22-20(17-5-2-1-3-6-17)7-4-8-21(22)18-9-11-19(12-10-18)26-15-13-25-14-16-26/h1-12,25H,13-16H2,(H2,24,27). The molecule has 0 bridgehead atoms. The van der Waals surface area contributed by atoms with Crippen LogP contribution in [0, 0.1) is 0 Å². The number of carbonyl (C=O) groups is 1. The van der Waals surface area contributed by atoms with E-state index in [2.05, 4.69) is 34.5 Å². The summed E-state index contributed by atoms with van der Waals surface area (Å²) in [6.45, 7) is 4.03. The van der Waals surface area contributed by atoms with Crippen molar-refractivity contribution in [2.75, 3.05) is 31.1 Å². The summed E-state index contributed by atoms with van der Waals surface area (Å²) < 4.78 is 0. The number of nitrogens with one attached hydrogen (secondary N) is 1. The van der Waals surface area contributed by atoms with E-state index in [1.807, 2.05) is 48.5 Å². The van der Waals surface area contributed by atoms with Crippen LogP contribution in [0.3, 0.4) is 0 Å². The molecule has 3 aromatic carbocycles.